The number of aliphatic hydroxyl groups is 1. The van der Waals surface area contributed by atoms with Crippen LogP contribution in [0.5, 0.6) is 11.5 Å². The second-order valence-electron chi connectivity index (χ2n) is 5.51. The van der Waals surface area contributed by atoms with Crippen molar-refractivity contribution in [2.24, 2.45) is 0 Å². The first-order chi connectivity index (χ1) is 13.2. The lowest BCUT2D eigenvalue weighted by molar-refractivity contribution is -0.191. The average molecular weight is 416 g/mol. The van der Waals surface area contributed by atoms with Gasteiger partial charge in [0.25, 0.3) is 0 Å². The topological polar surface area (TPSA) is 72.8 Å². The molecule has 0 aliphatic heterocycles. The van der Waals surface area contributed by atoms with E-state index in [0.29, 0.717) is 5.75 Å². The van der Waals surface area contributed by atoms with Gasteiger partial charge in [-0.3, -0.25) is 0 Å². The van der Waals surface area contributed by atoms with Crippen LogP contribution in [0.15, 0.2) is 47.4 Å². The maximum absolute atomic E-state index is 12.5. The number of benzene rings is 2. The van der Waals surface area contributed by atoms with E-state index in [9.17, 15) is 18.3 Å². The number of aryl methyl sites for hydroxylation is 1. The van der Waals surface area contributed by atoms with Crippen molar-refractivity contribution < 1.29 is 37.3 Å². The van der Waals surface area contributed by atoms with Crippen LogP contribution >= 0.6 is 11.8 Å². The van der Waals surface area contributed by atoms with Crippen LogP contribution in [-0.4, -0.2) is 36.8 Å². The quantitative estimate of drug-likeness (QED) is 0.689. The standard InChI is InChI=1S/C18H19F3O3S.CO2/c1-12-9-16(7-8-17(12)23-2)25-11-14(22)10-24-15-5-3-13(4-6-15)18(19,20)21;2-1-3/h3-9,14,22H,10-11H2,1-2H3;. The van der Waals surface area contributed by atoms with E-state index in [1.165, 1.54) is 23.9 Å². The molecule has 1 atom stereocenters. The van der Waals surface area contributed by atoms with Gasteiger partial charge in [0.15, 0.2) is 0 Å². The molecule has 0 amide bonds. The Balaban J connectivity index is 0.00000122. The molecule has 0 aromatic heterocycles. The molecule has 28 heavy (non-hydrogen) atoms. The van der Waals surface area contributed by atoms with E-state index < -0.39 is 17.8 Å². The number of rotatable bonds is 7. The third-order valence-corrected chi connectivity index (χ3v) is 4.57. The molecule has 1 unspecified atom stereocenters. The summed E-state index contributed by atoms with van der Waals surface area (Å²) in [6, 6.07) is 10.1. The van der Waals surface area contributed by atoms with Crippen molar-refractivity contribution in [1.29, 1.82) is 0 Å². The van der Waals surface area contributed by atoms with Crippen LogP contribution in [0.3, 0.4) is 0 Å². The summed E-state index contributed by atoms with van der Waals surface area (Å²) < 4.78 is 48.0. The Morgan fingerprint density at radius 1 is 1.14 bits per heavy atom. The third kappa shape index (κ3) is 8.04. The molecule has 5 nitrogen and oxygen atoms in total. The highest BCUT2D eigenvalue weighted by Crippen LogP contribution is 2.30. The molecule has 0 fully saturated rings. The summed E-state index contributed by atoms with van der Waals surface area (Å²) in [6.07, 6.45) is -4.86. The van der Waals surface area contributed by atoms with Crippen molar-refractivity contribution in [2.75, 3.05) is 19.5 Å². The van der Waals surface area contributed by atoms with Gasteiger partial charge >= 0.3 is 12.3 Å². The van der Waals surface area contributed by atoms with Crippen LogP contribution in [0.2, 0.25) is 0 Å². The van der Waals surface area contributed by atoms with Gasteiger partial charge in [0, 0.05) is 10.6 Å². The lowest BCUT2D eigenvalue weighted by Gasteiger charge is -2.13. The maximum atomic E-state index is 12.5. The van der Waals surface area contributed by atoms with Gasteiger partial charge < -0.3 is 14.6 Å². The van der Waals surface area contributed by atoms with Crippen molar-refractivity contribution >= 4 is 17.9 Å². The molecule has 2 aromatic rings. The minimum Gasteiger partial charge on any atom is -0.496 e. The van der Waals surface area contributed by atoms with Crippen molar-refractivity contribution in [1.82, 2.24) is 0 Å². The Morgan fingerprint density at radius 2 is 1.75 bits per heavy atom. The van der Waals surface area contributed by atoms with Gasteiger partial charge in [-0.25, -0.2) is 0 Å². The molecule has 0 saturated carbocycles. The predicted octanol–water partition coefficient (Wildman–Crippen LogP) is 3.97. The lowest BCUT2D eigenvalue weighted by Crippen LogP contribution is -2.20. The number of carbonyl (C=O) groups excluding carboxylic acids is 2. The van der Waals surface area contributed by atoms with Crippen LogP contribution in [0.1, 0.15) is 11.1 Å². The van der Waals surface area contributed by atoms with Gasteiger partial charge in [0.1, 0.15) is 18.1 Å². The molecule has 0 spiro atoms. The van der Waals surface area contributed by atoms with E-state index in [0.717, 1.165) is 28.3 Å². The van der Waals surface area contributed by atoms with Crippen molar-refractivity contribution in [3.05, 3.63) is 53.6 Å². The Hall–Kier alpha value is -2.48. The number of hydrogen-bond donors (Lipinski definition) is 1. The molecule has 9 heteroatoms. The SMILES string of the molecule is COc1ccc(SCC(O)COc2ccc(C(F)(F)F)cc2)cc1C.O=C=O. The van der Waals surface area contributed by atoms with E-state index in [-0.39, 0.29) is 18.5 Å². The minimum atomic E-state index is -4.37. The molecule has 0 aliphatic carbocycles. The molecule has 0 radical (unpaired) electrons. The lowest BCUT2D eigenvalue weighted by atomic mass is 10.2. The number of ether oxygens (including phenoxy) is 2. The molecule has 2 aromatic carbocycles. The second-order valence-corrected chi connectivity index (χ2v) is 6.61. The van der Waals surface area contributed by atoms with Crippen LogP contribution in [-0.2, 0) is 15.8 Å². The van der Waals surface area contributed by atoms with Crippen molar-refractivity contribution in [3.8, 4) is 11.5 Å². The highest BCUT2D eigenvalue weighted by Gasteiger charge is 2.30. The molecule has 2 rings (SSSR count). The molecule has 0 aliphatic rings. The normalized spacial score (nSPS) is 11.6. The van der Waals surface area contributed by atoms with E-state index in [1.54, 1.807) is 7.11 Å². The molecular weight excluding hydrogens is 397 g/mol. The Morgan fingerprint density at radius 3 is 2.25 bits per heavy atom. The fourth-order valence-corrected chi connectivity index (χ4v) is 3.02. The highest BCUT2D eigenvalue weighted by atomic mass is 32.2. The van der Waals surface area contributed by atoms with E-state index >= 15 is 0 Å². The van der Waals surface area contributed by atoms with Gasteiger partial charge in [0.2, 0.25) is 0 Å². The van der Waals surface area contributed by atoms with Gasteiger partial charge in [-0.2, -0.15) is 22.8 Å². The number of thioether (sulfide) groups is 1. The van der Waals surface area contributed by atoms with Crippen LogP contribution in [0.25, 0.3) is 0 Å². The monoisotopic (exact) mass is 416 g/mol. The maximum Gasteiger partial charge on any atom is 0.416 e. The molecule has 0 bridgehead atoms. The summed E-state index contributed by atoms with van der Waals surface area (Å²) in [5, 5.41) is 9.98. The zero-order valence-electron chi connectivity index (χ0n) is 15.2. The fourth-order valence-electron chi connectivity index (χ4n) is 2.11. The molecule has 1 N–H and O–H groups in total. The largest absolute Gasteiger partial charge is 0.496 e. The molecule has 0 heterocycles. The molecular formula is C19H19F3O5S. The van der Waals surface area contributed by atoms with E-state index in [1.807, 2.05) is 25.1 Å². The zero-order chi connectivity index (χ0) is 21.2. The van der Waals surface area contributed by atoms with Gasteiger partial charge in [-0.05, 0) is 55.0 Å². The van der Waals surface area contributed by atoms with Crippen molar-refractivity contribution in [2.45, 2.75) is 24.1 Å². The third-order valence-electron chi connectivity index (χ3n) is 3.43. The first-order valence-corrected chi connectivity index (χ1v) is 8.94. The van der Waals surface area contributed by atoms with E-state index in [4.69, 9.17) is 19.1 Å². The van der Waals surface area contributed by atoms with Gasteiger partial charge in [-0.1, -0.05) is 0 Å². The van der Waals surface area contributed by atoms with Crippen LogP contribution < -0.4 is 9.47 Å². The number of alkyl halides is 3. The van der Waals surface area contributed by atoms with Gasteiger partial charge in [-0.15, -0.1) is 11.8 Å². The van der Waals surface area contributed by atoms with Crippen LogP contribution in [0, 0.1) is 6.92 Å². The molecule has 0 saturated heterocycles. The average Bonchev–Trinajstić information content (AvgIpc) is 2.65. The highest BCUT2D eigenvalue weighted by molar-refractivity contribution is 7.99. The Labute approximate surface area is 164 Å². The zero-order valence-corrected chi connectivity index (χ0v) is 16.0. The summed E-state index contributed by atoms with van der Waals surface area (Å²) >= 11 is 1.47. The smallest absolute Gasteiger partial charge is 0.416 e. The predicted molar refractivity (Wildman–Crippen MR) is 96.4 cm³/mol. The number of aliphatic hydroxyl groups excluding tert-OH is 1. The Kier molecular flexibility index (Phi) is 9.58. The van der Waals surface area contributed by atoms with E-state index in [2.05, 4.69) is 0 Å². The summed E-state index contributed by atoms with van der Waals surface area (Å²) in [5.41, 5.74) is 0.272. The summed E-state index contributed by atoms with van der Waals surface area (Å²) in [7, 11) is 1.61. The fraction of sp³-hybridized carbons (Fsp3) is 0.316. The minimum absolute atomic E-state index is 0.00744. The first-order valence-electron chi connectivity index (χ1n) is 7.96. The second kappa shape index (κ2) is 11.4. The van der Waals surface area contributed by atoms with Crippen LogP contribution in [0.4, 0.5) is 13.2 Å². The number of hydrogen-bond acceptors (Lipinski definition) is 6. The summed E-state index contributed by atoms with van der Waals surface area (Å²) in [4.78, 5) is 17.2. The number of methoxy groups -OCH3 is 1. The van der Waals surface area contributed by atoms with Gasteiger partial charge in [0.05, 0.1) is 18.8 Å². The molecule has 152 valence electrons. The number of halogens is 3. The Bertz CT molecular complexity index is 772. The summed E-state index contributed by atoms with van der Waals surface area (Å²) in [5.74, 6) is 1.50. The summed E-state index contributed by atoms with van der Waals surface area (Å²) in [6.45, 7) is 1.94. The van der Waals surface area contributed by atoms with Crippen molar-refractivity contribution in [3.63, 3.8) is 0 Å². The first kappa shape index (κ1) is 23.6.